The predicted molar refractivity (Wildman–Crippen MR) is 102 cm³/mol. The molecule has 0 radical (unpaired) electrons. The Morgan fingerprint density at radius 2 is 1.69 bits per heavy atom. The Morgan fingerprint density at radius 1 is 1.04 bits per heavy atom. The highest BCUT2D eigenvalue weighted by molar-refractivity contribution is 7.92. The van der Waals surface area contributed by atoms with Crippen LogP contribution in [-0.4, -0.2) is 44.3 Å². The van der Waals surface area contributed by atoms with Crippen LogP contribution in [0.3, 0.4) is 0 Å². The van der Waals surface area contributed by atoms with E-state index in [1.165, 1.54) is 12.1 Å². The zero-order chi connectivity index (χ0) is 19.2. The summed E-state index contributed by atoms with van der Waals surface area (Å²) in [5, 5.41) is 5.61. The number of carbonyl (C=O) groups is 2. The van der Waals surface area contributed by atoms with Gasteiger partial charge in [0.2, 0.25) is 5.91 Å². The van der Waals surface area contributed by atoms with Crippen LogP contribution in [0.25, 0.3) is 0 Å². The SMILES string of the molecule is O=C(CCS(=O)(=O)C1CCCC1)NCCNC(=O)c1ccc(Cl)c(Cl)c1. The van der Waals surface area contributed by atoms with Gasteiger partial charge in [0, 0.05) is 25.1 Å². The zero-order valence-electron chi connectivity index (χ0n) is 14.3. The molecule has 2 N–H and O–H groups in total. The molecule has 1 aliphatic rings. The van der Waals surface area contributed by atoms with E-state index in [4.69, 9.17) is 23.2 Å². The van der Waals surface area contributed by atoms with Gasteiger partial charge in [0.15, 0.2) is 9.84 Å². The van der Waals surface area contributed by atoms with E-state index in [9.17, 15) is 18.0 Å². The van der Waals surface area contributed by atoms with Crippen LogP contribution in [0.2, 0.25) is 10.0 Å². The van der Waals surface area contributed by atoms with Crippen molar-refractivity contribution in [2.45, 2.75) is 37.4 Å². The number of nitrogens with one attached hydrogen (secondary N) is 2. The van der Waals surface area contributed by atoms with Gasteiger partial charge in [-0.1, -0.05) is 36.0 Å². The molecule has 0 aromatic heterocycles. The van der Waals surface area contributed by atoms with Crippen molar-refractivity contribution < 1.29 is 18.0 Å². The number of benzene rings is 1. The largest absolute Gasteiger partial charge is 0.354 e. The lowest BCUT2D eigenvalue weighted by Gasteiger charge is -2.11. The molecule has 6 nitrogen and oxygen atoms in total. The molecular weight excluding hydrogens is 399 g/mol. The highest BCUT2D eigenvalue weighted by Crippen LogP contribution is 2.25. The number of amides is 2. The number of hydrogen-bond donors (Lipinski definition) is 2. The molecule has 144 valence electrons. The van der Waals surface area contributed by atoms with Crippen molar-refractivity contribution in [2.75, 3.05) is 18.8 Å². The Labute approximate surface area is 163 Å². The molecule has 26 heavy (non-hydrogen) atoms. The molecule has 0 bridgehead atoms. The molecule has 1 aromatic rings. The van der Waals surface area contributed by atoms with Gasteiger partial charge in [0.05, 0.1) is 21.0 Å². The van der Waals surface area contributed by atoms with E-state index in [-0.39, 0.29) is 47.4 Å². The third-order valence-corrected chi connectivity index (χ3v) is 7.34. The molecular formula is C17H22Cl2N2O4S. The summed E-state index contributed by atoms with van der Waals surface area (Å²) in [7, 11) is -3.20. The van der Waals surface area contributed by atoms with Crippen molar-refractivity contribution in [3.8, 4) is 0 Å². The van der Waals surface area contributed by atoms with E-state index in [2.05, 4.69) is 10.6 Å². The molecule has 2 amide bonds. The maximum atomic E-state index is 12.1. The monoisotopic (exact) mass is 420 g/mol. The summed E-state index contributed by atoms with van der Waals surface area (Å²) in [5.41, 5.74) is 0.369. The molecule has 0 atom stereocenters. The predicted octanol–water partition coefficient (Wildman–Crippen LogP) is 2.59. The van der Waals surface area contributed by atoms with Crippen molar-refractivity contribution in [2.24, 2.45) is 0 Å². The van der Waals surface area contributed by atoms with E-state index in [0.29, 0.717) is 23.4 Å². The van der Waals surface area contributed by atoms with E-state index in [0.717, 1.165) is 12.8 Å². The van der Waals surface area contributed by atoms with Gasteiger partial charge in [-0.3, -0.25) is 9.59 Å². The molecule has 0 heterocycles. The van der Waals surface area contributed by atoms with Crippen molar-refractivity contribution in [1.82, 2.24) is 10.6 Å². The Balaban J connectivity index is 1.66. The van der Waals surface area contributed by atoms with E-state index in [1.54, 1.807) is 6.07 Å². The number of carbonyl (C=O) groups excluding carboxylic acids is 2. The summed E-state index contributed by atoms with van der Waals surface area (Å²) in [6, 6.07) is 4.55. The van der Waals surface area contributed by atoms with Gasteiger partial charge < -0.3 is 10.6 Å². The van der Waals surface area contributed by atoms with Gasteiger partial charge in [0.25, 0.3) is 5.91 Å². The van der Waals surface area contributed by atoms with Crippen LogP contribution in [0.5, 0.6) is 0 Å². The van der Waals surface area contributed by atoms with E-state index < -0.39 is 9.84 Å². The van der Waals surface area contributed by atoms with Crippen LogP contribution in [0.4, 0.5) is 0 Å². The van der Waals surface area contributed by atoms with Crippen LogP contribution >= 0.6 is 23.2 Å². The Hall–Kier alpha value is -1.31. The third kappa shape index (κ3) is 6.14. The minimum absolute atomic E-state index is 0.0560. The summed E-state index contributed by atoms with van der Waals surface area (Å²) in [4.78, 5) is 23.7. The summed E-state index contributed by atoms with van der Waals surface area (Å²) in [5.74, 6) is -0.795. The van der Waals surface area contributed by atoms with Gasteiger partial charge in [-0.25, -0.2) is 8.42 Å². The molecule has 1 aliphatic carbocycles. The van der Waals surface area contributed by atoms with Crippen LogP contribution in [0.1, 0.15) is 42.5 Å². The first-order chi connectivity index (χ1) is 12.3. The van der Waals surface area contributed by atoms with Gasteiger partial charge in [-0.15, -0.1) is 0 Å². The minimum atomic E-state index is -3.20. The lowest BCUT2D eigenvalue weighted by molar-refractivity contribution is -0.120. The van der Waals surface area contributed by atoms with Crippen molar-refractivity contribution in [3.63, 3.8) is 0 Å². The fraction of sp³-hybridized carbons (Fsp3) is 0.529. The van der Waals surface area contributed by atoms with Crippen molar-refractivity contribution in [3.05, 3.63) is 33.8 Å². The van der Waals surface area contributed by atoms with Gasteiger partial charge in [-0.2, -0.15) is 0 Å². The number of halogens is 2. The van der Waals surface area contributed by atoms with Crippen LogP contribution in [0.15, 0.2) is 18.2 Å². The number of sulfone groups is 1. The molecule has 1 saturated carbocycles. The third-order valence-electron chi connectivity index (χ3n) is 4.34. The van der Waals surface area contributed by atoms with Crippen LogP contribution in [0, 0.1) is 0 Å². The van der Waals surface area contributed by atoms with Gasteiger partial charge in [0.1, 0.15) is 0 Å². The zero-order valence-corrected chi connectivity index (χ0v) is 16.6. The fourth-order valence-corrected chi connectivity index (χ4v) is 5.01. The van der Waals surface area contributed by atoms with Crippen LogP contribution < -0.4 is 10.6 Å². The maximum Gasteiger partial charge on any atom is 0.251 e. The minimum Gasteiger partial charge on any atom is -0.354 e. The van der Waals surface area contributed by atoms with Crippen LogP contribution in [-0.2, 0) is 14.6 Å². The molecule has 1 fully saturated rings. The standard InChI is InChI=1S/C17H22Cl2N2O4S/c18-14-6-5-12(11-15(14)19)17(23)21-9-8-20-16(22)7-10-26(24,25)13-3-1-2-4-13/h5-6,11,13H,1-4,7-10H2,(H,20,22)(H,21,23). The Kier molecular flexibility index (Phi) is 7.73. The molecule has 2 rings (SSSR count). The van der Waals surface area contributed by atoms with Gasteiger partial charge >= 0.3 is 0 Å². The average molecular weight is 421 g/mol. The highest BCUT2D eigenvalue weighted by atomic mass is 35.5. The van der Waals surface area contributed by atoms with E-state index in [1.807, 2.05) is 0 Å². The smallest absolute Gasteiger partial charge is 0.251 e. The Bertz CT molecular complexity index is 762. The highest BCUT2D eigenvalue weighted by Gasteiger charge is 2.28. The first kappa shape index (κ1) is 21.0. The second kappa shape index (κ2) is 9.58. The normalized spacial score (nSPS) is 15.0. The average Bonchev–Trinajstić information content (AvgIpc) is 3.15. The molecule has 0 unspecified atom stereocenters. The number of hydrogen-bond acceptors (Lipinski definition) is 4. The summed E-state index contributed by atoms with van der Waals surface area (Å²) >= 11 is 11.7. The fourth-order valence-electron chi connectivity index (χ4n) is 2.85. The number of rotatable bonds is 8. The molecule has 0 aliphatic heterocycles. The summed E-state index contributed by atoms with van der Waals surface area (Å²) in [6.45, 7) is 0.440. The quantitative estimate of drug-likeness (QED) is 0.632. The first-order valence-electron chi connectivity index (χ1n) is 8.51. The molecule has 1 aromatic carbocycles. The van der Waals surface area contributed by atoms with Crippen molar-refractivity contribution in [1.29, 1.82) is 0 Å². The lowest BCUT2D eigenvalue weighted by Crippen LogP contribution is -2.35. The first-order valence-corrected chi connectivity index (χ1v) is 11.0. The summed E-state index contributed by atoms with van der Waals surface area (Å²) < 4.78 is 24.2. The van der Waals surface area contributed by atoms with Crippen molar-refractivity contribution >= 4 is 44.9 Å². The Morgan fingerprint density at radius 3 is 2.35 bits per heavy atom. The molecule has 9 heteroatoms. The second-order valence-electron chi connectivity index (χ2n) is 6.26. The molecule has 0 saturated heterocycles. The van der Waals surface area contributed by atoms with Gasteiger partial charge in [-0.05, 0) is 31.0 Å². The molecule has 0 spiro atoms. The summed E-state index contributed by atoms with van der Waals surface area (Å²) in [6.07, 6.45) is 3.22. The topological polar surface area (TPSA) is 92.3 Å². The van der Waals surface area contributed by atoms with E-state index >= 15 is 0 Å². The second-order valence-corrected chi connectivity index (χ2v) is 9.47. The lowest BCUT2D eigenvalue weighted by atomic mass is 10.2. The maximum absolute atomic E-state index is 12.1.